The van der Waals surface area contributed by atoms with Crippen LogP contribution in [0.4, 0.5) is 0 Å². The molecule has 0 aromatic carbocycles. The van der Waals surface area contributed by atoms with Crippen molar-refractivity contribution in [2.45, 2.75) is 174 Å². The molecule has 2 unspecified atom stereocenters. The number of allylic oxidation sites excluding steroid dienone is 7. The van der Waals surface area contributed by atoms with E-state index in [9.17, 15) is 19.2 Å². The van der Waals surface area contributed by atoms with E-state index in [1.807, 2.05) is 6.08 Å². The third-order valence-corrected chi connectivity index (χ3v) is 8.26. The second-order valence-electron chi connectivity index (χ2n) is 13.0. The summed E-state index contributed by atoms with van der Waals surface area (Å²) in [6, 6.07) is -1.39. The highest BCUT2D eigenvalue weighted by Crippen LogP contribution is 2.15. The van der Waals surface area contributed by atoms with Gasteiger partial charge in [-0.05, 0) is 76.7 Å². The van der Waals surface area contributed by atoms with Crippen molar-refractivity contribution < 1.29 is 34.1 Å². The van der Waals surface area contributed by atoms with E-state index in [4.69, 9.17) is 14.9 Å². The normalized spacial score (nSPS) is 13.0. The third-order valence-electron chi connectivity index (χ3n) is 8.26. The van der Waals surface area contributed by atoms with Crippen LogP contribution in [0.1, 0.15) is 162 Å². The number of aliphatic carboxylic acids is 1. The fourth-order valence-corrected chi connectivity index (χ4v) is 5.23. The summed E-state index contributed by atoms with van der Waals surface area (Å²) in [5, 5.41) is 22.5. The van der Waals surface area contributed by atoms with E-state index >= 15 is 0 Å². The van der Waals surface area contributed by atoms with E-state index in [2.05, 4.69) is 67.0 Å². The van der Waals surface area contributed by atoms with E-state index in [1.54, 1.807) is 0 Å². The second-order valence-corrected chi connectivity index (χ2v) is 13.0. The SMILES string of the molecule is CCC/C=C\C/C=C\C(CCCCCCC(=O)NCC(=O)NC(CO)C(=O)O)OC(=O)CCCCCCCCC/C=C\C/C=C\CCCCC. The Morgan fingerprint density at radius 1 is 0.620 bits per heavy atom. The standard InChI is InChI=1S/C41H70N2O7/c1-3-5-7-9-11-12-13-14-15-16-17-18-19-20-21-23-29-33-40(47)50-36(30-26-22-10-8-6-4-2)31-27-24-25-28-32-38(45)42-34-39(46)43-37(35-44)41(48)49/h8,10-12,14-15,26,30,36-37,44H,3-7,9,13,16-25,27-29,31-35H2,1-2H3,(H,42,45)(H,43,46)(H,48,49)/b10-8-,12-11-,15-14-,30-26-. The summed E-state index contributed by atoms with van der Waals surface area (Å²) in [6.45, 7) is 3.32. The van der Waals surface area contributed by atoms with Crippen molar-refractivity contribution >= 4 is 23.8 Å². The van der Waals surface area contributed by atoms with Crippen LogP contribution in [0.2, 0.25) is 0 Å². The fraction of sp³-hybridized carbons (Fsp3) is 0.707. The topological polar surface area (TPSA) is 142 Å². The van der Waals surface area contributed by atoms with Crippen LogP contribution in [-0.2, 0) is 23.9 Å². The summed E-state index contributed by atoms with van der Waals surface area (Å²) < 4.78 is 5.84. The van der Waals surface area contributed by atoms with Crippen LogP contribution in [0.3, 0.4) is 0 Å². The molecule has 9 heteroatoms. The lowest BCUT2D eigenvalue weighted by atomic mass is 10.1. The van der Waals surface area contributed by atoms with Gasteiger partial charge in [0, 0.05) is 12.8 Å². The average Bonchev–Trinajstić information content (AvgIpc) is 3.10. The molecule has 4 N–H and O–H groups in total. The molecule has 0 aliphatic carbocycles. The number of carboxylic acid groups (broad SMARTS) is 1. The Labute approximate surface area is 303 Å². The Balaban J connectivity index is 4.20. The fourth-order valence-electron chi connectivity index (χ4n) is 5.23. The molecule has 9 nitrogen and oxygen atoms in total. The van der Waals surface area contributed by atoms with Crippen molar-refractivity contribution in [3.8, 4) is 0 Å². The molecule has 50 heavy (non-hydrogen) atoms. The molecule has 0 heterocycles. The minimum atomic E-state index is -1.39. The molecule has 286 valence electrons. The number of carboxylic acids is 1. The number of hydrogen-bond donors (Lipinski definition) is 4. The number of ether oxygens (including phenoxy) is 1. The van der Waals surface area contributed by atoms with Gasteiger partial charge in [-0.25, -0.2) is 4.79 Å². The maximum absolute atomic E-state index is 12.6. The summed E-state index contributed by atoms with van der Waals surface area (Å²) in [4.78, 5) is 47.3. The first kappa shape index (κ1) is 46.8. The first-order valence-corrected chi connectivity index (χ1v) is 19.5. The molecular weight excluding hydrogens is 632 g/mol. The van der Waals surface area contributed by atoms with Crippen molar-refractivity contribution in [1.29, 1.82) is 0 Å². The van der Waals surface area contributed by atoms with Gasteiger partial charge in [-0.3, -0.25) is 14.4 Å². The molecule has 0 aromatic heterocycles. The van der Waals surface area contributed by atoms with Gasteiger partial charge in [0.1, 0.15) is 12.1 Å². The molecule has 0 fully saturated rings. The van der Waals surface area contributed by atoms with Gasteiger partial charge in [-0.2, -0.15) is 0 Å². The van der Waals surface area contributed by atoms with Crippen molar-refractivity contribution in [3.63, 3.8) is 0 Å². The minimum Gasteiger partial charge on any atom is -0.480 e. The second kappa shape index (κ2) is 35.6. The van der Waals surface area contributed by atoms with Gasteiger partial charge in [0.15, 0.2) is 0 Å². The number of rotatable bonds is 34. The van der Waals surface area contributed by atoms with Gasteiger partial charge >= 0.3 is 11.9 Å². The van der Waals surface area contributed by atoms with Crippen LogP contribution in [0, 0.1) is 0 Å². The molecule has 0 saturated carbocycles. The molecular formula is C41H70N2O7. The predicted molar refractivity (Wildman–Crippen MR) is 204 cm³/mol. The number of amides is 2. The highest BCUT2D eigenvalue weighted by Gasteiger charge is 2.18. The van der Waals surface area contributed by atoms with Crippen LogP contribution >= 0.6 is 0 Å². The van der Waals surface area contributed by atoms with Gasteiger partial charge in [0.05, 0.1) is 13.2 Å². The van der Waals surface area contributed by atoms with E-state index < -0.39 is 24.5 Å². The monoisotopic (exact) mass is 703 g/mol. The highest BCUT2D eigenvalue weighted by molar-refractivity contribution is 5.87. The lowest BCUT2D eigenvalue weighted by molar-refractivity contribution is -0.147. The Morgan fingerprint density at radius 3 is 1.80 bits per heavy atom. The molecule has 0 aliphatic rings. The smallest absolute Gasteiger partial charge is 0.328 e. The predicted octanol–water partition coefficient (Wildman–Crippen LogP) is 8.81. The van der Waals surface area contributed by atoms with Crippen molar-refractivity contribution in [1.82, 2.24) is 10.6 Å². The summed E-state index contributed by atoms with van der Waals surface area (Å²) in [7, 11) is 0. The van der Waals surface area contributed by atoms with Crippen LogP contribution < -0.4 is 10.6 Å². The van der Waals surface area contributed by atoms with E-state index in [0.717, 1.165) is 77.0 Å². The first-order valence-electron chi connectivity index (χ1n) is 19.5. The van der Waals surface area contributed by atoms with Crippen LogP contribution in [0.15, 0.2) is 48.6 Å². The molecule has 2 atom stereocenters. The summed E-state index contributed by atoms with van der Waals surface area (Å²) in [5.74, 6) is -2.44. The van der Waals surface area contributed by atoms with E-state index in [-0.39, 0.29) is 30.9 Å². The number of carbonyl (C=O) groups excluding carboxylic acids is 3. The number of hydrogen-bond acceptors (Lipinski definition) is 6. The molecule has 0 spiro atoms. The van der Waals surface area contributed by atoms with Crippen LogP contribution in [-0.4, -0.2) is 59.3 Å². The average molecular weight is 703 g/mol. The highest BCUT2D eigenvalue weighted by atomic mass is 16.5. The number of carbonyl (C=O) groups is 4. The lowest BCUT2D eigenvalue weighted by Crippen LogP contribution is -2.47. The van der Waals surface area contributed by atoms with Crippen LogP contribution in [0.25, 0.3) is 0 Å². The maximum atomic E-state index is 12.6. The van der Waals surface area contributed by atoms with Gasteiger partial charge in [0.2, 0.25) is 11.8 Å². The number of aliphatic hydroxyl groups is 1. The number of unbranched alkanes of at least 4 members (excludes halogenated alkanes) is 14. The molecule has 0 aliphatic heterocycles. The Hall–Kier alpha value is -3.20. The third kappa shape index (κ3) is 32.0. The van der Waals surface area contributed by atoms with E-state index in [1.165, 1.54) is 51.4 Å². The van der Waals surface area contributed by atoms with Gasteiger partial charge in [-0.1, -0.05) is 121 Å². The Kier molecular flexibility index (Phi) is 33.3. The summed E-state index contributed by atoms with van der Waals surface area (Å²) >= 11 is 0. The Morgan fingerprint density at radius 2 is 1.18 bits per heavy atom. The number of nitrogens with one attached hydrogen (secondary N) is 2. The molecule has 0 rings (SSSR count). The minimum absolute atomic E-state index is 0.141. The largest absolute Gasteiger partial charge is 0.480 e. The molecule has 0 saturated heterocycles. The molecule has 0 bridgehead atoms. The quantitative estimate of drug-likeness (QED) is 0.0298. The Bertz CT molecular complexity index is 989. The number of esters is 1. The van der Waals surface area contributed by atoms with Crippen LogP contribution in [0.5, 0.6) is 0 Å². The van der Waals surface area contributed by atoms with Gasteiger partial charge in [-0.15, -0.1) is 0 Å². The molecule has 0 radical (unpaired) electrons. The van der Waals surface area contributed by atoms with Crippen molar-refractivity contribution in [2.24, 2.45) is 0 Å². The van der Waals surface area contributed by atoms with Crippen molar-refractivity contribution in [2.75, 3.05) is 13.2 Å². The van der Waals surface area contributed by atoms with Gasteiger partial charge < -0.3 is 25.6 Å². The lowest BCUT2D eigenvalue weighted by Gasteiger charge is -2.15. The van der Waals surface area contributed by atoms with Gasteiger partial charge in [0.25, 0.3) is 0 Å². The van der Waals surface area contributed by atoms with Crippen molar-refractivity contribution in [3.05, 3.63) is 48.6 Å². The summed E-state index contributed by atoms with van der Waals surface area (Å²) in [6.07, 6.45) is 40.2. The maximum Gasteiger partial charge on any atom is 0.328 e. The zero-order chi connectivity index (χ0) is 36.9. The first-order chi connectivity index (χ1) is 24.3. The molecule has 0 aromatic rings. The zero-order valence-corrected chi connectivity index (χ0v) is 31.4. The number of aliphatic hydroxyl groups excluding tert-OH is 1. The zero-order valence-electron chi connectivity index (χ0n) is 31.4. The van der Waals surface area contributed by atoms with E-state index in [0.29, 0.717) is 12.8 Å². The summed E-state index contributed by atoms with van der Waals surface area (Å²) in [5.41, 5.74) is 0. The molecule has 2 amide bonds.